The van der Waals surface area contributed by atoms with Crippen molar-refractivity contribution in [2.24, 2.45) is 0 Å². The molecule has 1 N–H and O–H groups in total. The minimum atomic E-state index is 0.223. The molecule has 0 radical (unpaired) electrons. The Morgan fingerprint density at radius 3 is 2.13 bits per heavy atom. The number of nitrogens with zero attached hydrogens (tertiary/aromatic N) is 1. The molecule has 0 rings (SSSR count). The summed E-state index contributed by atoms with van der Waals surface area (Å²) in [5.74, 6) is 0.223. The Balaban J connectivity index is 3.20. The standard InChI is InChI=1S/C20H40N2O/c1-4-5-6-7-8-9-10-11-12-13-14-15-17-20(23)21-18-16-19-22(2)3/h7-8H,4-6,9-19H2,1-3H3,(H,21,23)/b8-7+. The lowest BCUT2D eigenvalue weighted by Gasteiger charge is -2.09. The Labute approximate surface area is 144 Å². The summed E-state index contributed by atoms with van der Waals surface area (Å²) >= 11 is 0. The summed E-state index contributed by atoms with van der Waals surface area (Å²) in [6, 6.07) is 0. The van der Waals surface area contributed by atoms with Gasteiger partial charge >= 0.3 is 0 Å². The zero-order chi connectivity index (χ0) is 17.2. The fourth-order valence-corrected chi connectivity index (χ4v) is 2.52. The van der Waals surface area contributed by atoms with Gasteiger partial charge in [-0.05, 0) is 52.7 Å². The number of carbonyl (C=O) groups excluding carboxylic acids is 1. The quantitative estimate of drug-likeness (QED) is 0.323. The molecule has 0 bridgehead atoms. The van der Waals surface area contributed by atoms with Gasteiger partial charge in [0.25, 0.3) is 0 Å². The highest BCUT2D eigenvalue weighted by molar-refractivity contribution is 5.75. The van der Waals surface area contributed by atoms with Crippen molar-refractivity contribution < 1.29 is 4.79 Å². The average molecular weight is 325 g/mol. The first-order valence-corrected chi connectivity index (χ1v) is 9.73. The van der Waals surface area contributed by atoms with Gasteiger partial charge in [0, 0.05) is 13.0 Å². The molecule has 0 aromatic rings. The Morgan fingerprint density at radius 2 is 1.48 bits per heavy atom. The second kappa shape index (κ2) is 17.5. The van der Waals surface area contributed by atoms with Gasteiger partial charge in [-0.2, -0.15) is 0 Å². The van der Waals surface area contributed by atoms with Gasteiger partial charge in [-0.15, -0.1) is 0 Å². The molecule has 0 fully saturated rings. The number of unbranched alkanes of at least 4 members (excludes halogenated alkanes) is 8. The lowest BCUT2D eigenvalue weighted by atomic mass is 10.1. The molecule has 0 heterocycles. The largest absolute Gasteiger partial charge is 0.356 e. The van der Waals surface area contributed by atoms with Gasteiger partial charge in [0.15, 0.2) is 0 Å². The van der Waals surface area contributed by atoms with E-state index in [1.165, 1.54) is 57.8 Å². The summed E-state index contributed by atoms with van der Waals surface area (Å²) < 4.78 is 0. The van der Waals surface area contributed by atoms with E-state index in [1.807, 2.05) is 0 Å². The van der Waals surface area contributed by atoms with Gasteiger partial charge < -0.3 is 10.2 Å². The van der Waals surface area contributed by atoms with Crippen molar-refractivity contribution in [3.05, 3.63) is 12.2 Å². The van der Waals surface area contributed by atoms with Gasteiger partial charge in [0.1, 0.15) is 0 Å². The fourth-order valence-electron chi connectivity index (χ4n) is 2.52. The molecule has 0 saturated heterocycles. The van der Waals surface area contributed by atoms with Gasteiger partial charge in [-0.1, -0.05) is 57.6 Å². The Kier molecular flexibility index (Phi) is 16.9. The molecule has 0 aliphatic carbocycles. The van der Waals surface area contributed by atoms with Crippen LogP contribution in [0, 0.1) is 0 Å². The van der Waals surface area contributed by atoms with E-state index in [9.17, 15) is 4.79 Å². The maximum absolute atomic E-state index is 11.6. The molecule has 0 saturated carbocycles. The van der Waals surface area contributed by atoms with Crippen LogP contribution in [0.4, 0.5) is 0 Å². The van der Waals surface area contributed by atoms with Crippen molar-refractivity contribution in [2.45, 2.75) is 84.0 Å². The van der Waals surface area contributed by atoms with Crippen molar-refractivity contribution in [2.75, 3.05) is 27.2 Å². The van der Waals surface area contributed by atoms with Crippen LogP contribution in [0.15, 0.2) is 12.2 Å². The van der Waals surface area contributed by atoms with Gasteiger partial charge in [0.2, 0.25) is 5.91 Å². The molecule has 0 atom stereocenters. The molecule has 0 spiro atoms. The molecular formula is C20H40N2O. The molecule has 0 aliphatic heterocycles. The third kappa shape index (κ3) is 19.1. The lowest BCUT2D eigenvalue weighted by Crippen LogP contribution is -2.26. The highest BCUT2D eigenvalue weighted by atomic mass is 16.1. The molecule has 0 aromatic heterocycles. The van der Waals surface area contributed by atoms with Crippen LogP contribution in [0.5, 0.6) is 0 Å². The highest BCUT2D eigenvalue weighted by Crippen LogP contribution is 2.09. The molecule has 3 heteroatoms. The SMILES string of the molecule is CCCC/C=C/CCCCCCCCC(=O)NCCCN(C)C. The topological polar surface area (TPSA) is 32.3 Å². The summed E-state index contributed by atoms with van der Waals surface area (Å²) in [5.41, 5.74) is 0. The first-order valence-electron chi connectivity index (χ1n) is 9.73. The van der Waals surface area contributed by atoms with Crippen LogP contribution >= 0.6 is 0 Å². The predicted octanol–water partition coefficient (Wildman–Crippen LogP) is 4.92. The molecule has 136 valence electrons. The lowest BCUT2D eigenvalue weighted by molar-refractivity contribution is -0.121. The van der Waals surface area contributed by atoms with Crippen LogP contribution in [-0.2, 0) is 4.79 Å². The van der Waals surface area contributed by atoms with E-state index in [1.54, 1.807) is 0 Å². The van der Waals surface area contributed by atoms with Crippen molar-refractivity contribution in [3.63, 3.8) is 0 Å². The molecule has 0 aliphatic rings. The molecule has 3 nitrogen and oxygen atoms in total. The van der Waals surface area contributed by atoms with Crippen LogP contribution in [-0.4, -0.2) is 38.0 Å². The van der Waals surface area contributed by atoms with Crippen molar-refractivity contribution in [1.82, 2.24) is 10.2 Å². The summed E-state index contributed by atoms with van der Waals surface area (Å²) in [4.78, 5) is 13.8. The molecular weight excluding hydrogens is 284 g/mol. The van der Waals surface area contributed by atoms with E-state index in [4.69, 9.17) is 0 Å². The Morgan fingerprint density at radius 1 is 0.870 bits per heavy atom. The summed E-state index contributed by atoms with van der Waals surface area (Å²) in [5, 5.41) is 3.00. The number of rotatable bonds is 16. The normalized spacial score (nSPS) is 11.5. The van der Waals surface area contributed by atoms with E-state index in [0.717, 1.165) is 25.9 Å². The summed E-state index contributed by atoms with van der Waals surface area (Å²) in [6.45, 7) is 4.08. The van der Waals surface area contributed by atoms with E-state index in [2.05, 4.69) is 43.4 Å². The zero-order valence-electron chi connectivity index (χ0n) is 15.9. The minimum absolute atomic E-state index is 0.223. The molecule has 23 heavy (non-hydrogen) atoms. The van der Waals surface area contributed by atoms with E-state index in [0.29, 0.717) is 6.42 Å². The van der Waals surface area contributed by atoms with Crippen LogP contribution in [0.3, 0.4) is 0 Å². The van der Waals surface area contributed by atoms with E-state index in [-0.39, 0.29) is 5.91 Å². The number of hydrogen-bond donors (Lipinski definition) is 1. The number of carbonyl (C=O) groups is 1. The zero-order valence-corrected chi connectivity index (χ0v) is 15.9. The highest BCUT2D eigenvalue weighted by Gasteiger charge is 2.00. The average Bonchev–Trinajstić information content (AvgIpc) is 2.52. The third-order valence-electron chi connectivity index (χ3n) is 4.02. The first kappa shape index (κ1) is 22.2. The predicted molar refractivity (Wildman–Crippen MR) is 102 cm³/mol. The van der Waals surface area contributed by atoms with Crippen LogP contribution in [0.1, 0.15) is 84.0 Å². The molecule has 0 unspecified atom stereocenters. The van der Waals surface area contributed by atoms with Gasteiger partial charge in [-0.25, -0.2) is 0 Å². The summed E-state index contributed by atoms with van der Waals surface area (Å²) in [6.07, 6.45) is 19.0. The van der Waals surface area contributed by atoms with Crippen molar-refractivity contribution in [3.8, 4) is 0 Å². The van der Waals surface area contributed by atoms with Crippen molar-refractivity contribution >= 4 is 5.91 Å². The maximum atomic E-state index is 11.6. The van der Waals surface area contributed by atoms with E-state index >= 15 is 0 Å². The van der Waals surface area contributed by atoms with Crippen LogP contribution < -0.4 is 5.32 Å². The first-order chi connectivity index (χ1) is 11.2. The minimum Gasteiger partial charge on any atom is -0.356 e. The summed E-state index contributed by atoms with van der Waals surface area (Å²) in [7, 11) is 4.12. The monoisotopic (exact) mass is 324 g/mol. The second-order valence-electron chi connectivity index (χ2n) is 6.78. The number of hydrogen-bond acceptors (Lipinski definition) is 2. The number of allylic oxidation sites excluding steroid dienone is 2. The Bertz CT molecular complexity index is 287. The van der Waals surface area contributed by atoms with Crippen LogP contribution in [0.2, 0.25) is 0 Å². The maximum Gasteiger partial charge on any atom is 0.219 e. The Hall–Kier alpha value is -0.830. The van der Waals surface area contributed by atoms with Crippen molar-refractivity contribution in [1.29, 1.82) is 0 Å². The fraction of sp³-hybridized carbons (Fsp3) is 0.850. The molecule has 0 aromatic carbocycles. The second-order valence-corrected chi connectivity index (χ2v) is 6.78. The van der Waals surface area contributed by atoms with Gasteiger partial charge in [0.05, 0.1) is 0 Å². The van der Waals surface area contributed by atoms with E-state index < -0.39 is 0 Å². The molecule has 1 amide bonds. The van der Waals surface area contributed by atoms with Crippen LogP contribution in [0.25, 0.3) is 0 Å². The number of amides is 1. The smallest absolute Gasteiger partial charge is 0.219 e. The third-order valence-corrected chi connectivity index (χ3v) is 4.02. The number of nitrogens with one attached hydrogen (secondary N) is 1. The van der Waals surface area contributed by atoms with Gasteiger partial charge in [-0.3, -0.25) is 4.79 Å².